The number of aromatic nitrogens is 2. The molecule has 0 N–H and O–H groups in total. The SMILES string of the molecule is COCCOc1nc(C)no1. The molecule has 0 aliphatic heterocycles. The molecule has 0 aromatic carbocycles. The summed E-state index contributed by atoms with van der Waals surface area (Å²) in [5.41, 5.74) is 0. The van der Waals surface area contributed by atoms with Crippen molar-refractivity contribution < 1.29 is 14.0 Å². The summed E-state index contributed by atoms with van der Waals surface area (Å²) in [6, 6.07) is 0. The Labute approximate surface area is 64.3 Å². The van der Waals surface area contributed by atoms with Gasteiger partial charge in [0.1, 0.15) is 6.61 Å². The number of rotatable bonds is 4. The van der Waals surface area contributed by atoms with Crippen molar-refractivity contribution in [3.8, 4) is 6.08 Å². The molecule has 0 spiro atoms. The molecule has 0 saturated carbocycles. The number of aryl methyl sites for hydroxylation is 1. The monoisotopic (exact) mass is 158 g/mol. The molecule has 1 aromatic rings. The maximum absolute atomic E-state index is 5.00. The zero-order valence-corrected chi connectivity index (χ0v) is 6.53. The minimum atomic E-state index is 0.194. The third-order valence-electron chi connectivity index (χ3n) is 1.02. The lowest BCUT2D eigenvalue weighted by Gasteiger charge is -1.96. The average molecular weight is 158 g/mol. The predicted octanol–water partition coefficient (Wildman–Crippen LogP) is 0.403. The molecule has 0 aliphatic rings. The van der Waals surface area contributed by atoms with Crippen molar-refractivity contribution in [1.82, 2.24) is 10.1 Å². The molecular formula is C6H10N2O3. The van der Waals surface area contributed by atoms with Crippen molar-refractivity contribution in [2.24, 2.45) is 0 Å². The van der Waals surface area contributed by atoms with Crippen LogP contribution in [0.3, 0.4) is 0 Å². The Balaban J connectivity index is 2.27. The third-order valence-corrected chi connectivity index (χ3v) is 1.02. The van der Waals surface area contributed by atoms with E-state index in [0.29, 0.717) is 19.0 Å². The summed E-state index contributed by atoms with van der Waals surface area (Å²) < 4.78 is 14.4. The van der Waals surface area contributed by atoms with Crippen LogP contribution in [0.1, 0.15) is 5.82 Å². The van der Waals surface area contributed by atoms with Gasteiger partial charge in [0.15, 0.2) is 5.82 Å². The minimum absolute atomic E-state index is 0.194. The van der Waals surface area contributed by atoms with E-state index in [9.17, 15) is 0 Å². The van der Waals surface area contributed by atoms with Crippen LogP contribution in [0.4, 0.5) is 0 Å². The van der Waals surface area contributed by atoms with E-state index in [2.05, 4.69) is 14.7 Å². The first-order valence-corrected chi connectivity index (χ1v) is 3.25. The topological polar surface area (TPSA) is 57.4 Å². The molecular weight excluding hydrogens is 148 g/mol. The van der Waals surface area contributed by atoms with E-state index in [1.807, 2.05) is 0 Å². The first-order valence-electron chi connectivity index (χ1n) is 3.25. The highest BCUT2D eigenvalue weighted by atomic mass is 16.6. The van der Waals surface area contributed by atoms with E-state index in [-0.39, 0.29) is 6.08 Å². The number of nitrogens with zero attached hydrogens (tertiary/aromatic N) is 2. The second kappa shape index (κ2) is 3.92. The van der Waals surface area contributed by atoms with Crippen molar-refractivity contribution in [2.45, 2.75) is 6.92 Å². The number of hydrogen-bond donors (Lipinski definition) is 0. The molecule has 1 heterocycles. The molecule has 1 aromatic heterocycles. The molecule has 0 unspecified atom stereocenters. The third kappa shape index (κ3) is 2.55. The van der Waals surface area contributed by atoms with E-state index >= 15 is 0 Å². The van der Waals surface area contributed by atoms with Crippen LogP contribution in [-0.2, 0) is 4.74 Å². The minimum Gasteiger partial charge on any atom is -0.446 e. The van der Waals surface area contributed by atoms with E-state index < -0.39 is 0 Å². The second-order valence-corrected chi connectivity index (χ2v) is 1.95. The Morgan fingerprint density at radius 2 is 2.27 bits per heavy atom. The van der Waals surface area contributed by atoms with Gasteiger partial charge >= 0.3 is 6.08 Å². The van der Waals surface area contributed by atoms with E-state index in [1.165, 1.54) is 0 Å². The molecule has 0 aliphatic carbocycles. The molecule has 5 heteroatoms. The van der Waals surface area contributed by atoms with Gasteiger partial charge < -0.3 is 9.47 Å². The van der Waals surface area contributed by atoms with Crippen LogP contribution in [0.5, 0.6) is 6.08 Å². The van der Waals surface area contributed by atoms with Crippen LogP contribution < -0.4 is 4.74 Å². The van der Waals surface area contributed by atoms with Gasteiger partial charge in [-0.15, -0.1) is 0 Å². The van der Waals surface area contributed by atoms with Crippen molar-refractivity contribution in [1.29, 1.82) is 0 Å². The summed E-state index contributed by atoms with van der Waals surface area (Å²) in [6.45, 7) is 2.67. The molecule has 0 bridgehead atoms. The lowest BCUT2D eigenvalue weighted by atomic mass is 10.7. The molecule has 0 amide bonds. The maximum atomic E-state index is 5.00. The first kappa shape index (κ1) is 8.00. The smallest absolute Gasteiger partial charge is 0.417 e. The van der Waals surface area contributed by atoms with Crippen LogP contribution >= 0.6 is 0 Å². The van der Waals surface area contributed by atoms with Gasteiger partial charge in [-0.05, 0) is 6.92 Å². The Morgan fingerprint density at radius 3 is 2.82 bits per heavy atom. The summed E-state index contributed by atoms with van der Waals surface area (Å²) in [4.78, 5) is 3.83. The summed E-state index contributed by atoms with van der Waals surface area (Å²) >= 11 is 0. The van der Waals surface area contributed by atoms with Crippen molar-refractivity contribution in [3.63, 3.8) is 0 Å². The van der Waals surface area contributed by atoms with Crippen molar-refractivity contribution >= 4 is 0 Å². The van der Waals surface area contributed by atoms with Crippen LogP contribution in [0.15, 0.2) is 4.52 Å². The zero-order chi connectivity index (χ0) is 8.10. The van der Waals surface area contributed by atoms with Gasteiger partial charge in [0, 0.05) is 7.11 Å². The Morgan fingerprint density at radius 1 is 1.45 bits per heavy atom. The van der Waals surface area contributed by atoms with Gasteiger partial charge in [-0.1, -0.05) is 5.16 Å². The van der Waals surface area contributed by atoms with Crippen molar-refractivity contribution in [2.75, 3.05) is 20.3 Å². The molecule has 0 fully saturated rings. The number of hydrogen-bond acceptors (Lipinski definition) is 5. The van der Waals surface area contributed by atoms with Crippen LogP contribution in [0.25, 0.3) is 0 Å². The summed E-state index contributed by atoms with van der Waals surface area (Å²) in [5, 5.41) is 3.54. The van der Waals surface area contributed by atoms with Gasteiger partial charge in [-0.2, -0.15) is 4.98 Å². The maximum Gasteiger partial charge on any atom is 0.417 e. The van der Waals surface area contributed by atoms with Crippen LogP contribution in [0, 0.1) is 6.92 Å². The fourth-order valence-corrected chi connectivity index (χ4v) is 0.549. The van der Waals surface area contributed by atoms with E-state index in [1.54, 1.807) is 14.0 Å². The lowest BCUT2D eigenvalue weighted by molar-refractivity contribution is 0.119. The van der Waals surface area contributed by atoms with Gasteiger partial charge in [0.2, 0.25) is 0 Å². The highest BCUT2D eigenvalue weighted by Crippen LogP contribution is 2.04. The molecule has 62 valence electrons. The molecule has 0 radical (unpaired) electrons. The van der Waals surface area contributed by atoms with Gasteiger partial charge in [0.25, 0.3) is 0 Å². The molecule has 5 nitrogen and oxygen atoms in total. The summed E-state index contributed by atoms with van der Waals surface area (Å²) in [7, 11) is 1.60. The van der Waals surface area contributed by atoms with Crippen molar-refractivity contribution in [3.05, 3.63) is 5.82 Å². The van der Waals surface area contributed by atoms with Crippen LogP contribution in [-0.4, -0.2) is 30.5 Å². The highest BCUT2D eigenvalue weighted by molar-refractivity contribution is 4.86. The quantitative estimate of drug-likeness (QED) is 0.594. The lowest BCUT2D eigenvalue weighted by Crippen LogP contribution is -2.04. The number of methoxy groups -OCH3 is 1. The molecule has 11 heavy (non-hydrogen) atoms. The number of ether oxygens (including phenoxy) is 2. The summed E-state index contributed by atoms with van der Waals surface area (Å²) in [6.07, 6.45) is 0.194. The standard InChI is InChI=1S/C6H10N2O3/c1-5-7-6(11-8-5)10-4-3-9-2/h3-4H2,1-2H3. The van der Waals surface area contributed by atoms with Gasteiger partial charge in [-0.25, -0.2) is 0 Å². The van der Waals surface area contributed by atoms with Gasteiger partial charge in [0.05, 0.1) is 6.61 Å². The Hall–Kier alpha value is -1.10. The Bertz CT molecular complexity index is 211. The fraction of sp³-hybridized carbons (Fsp3) is 0.667. The van der Waals surface area contributed by atoms with E-state index in [0.717, 1.165) is 0 Å². The van der Waals surface area contributed by atoms with E-state index in [4.69, 9.17) is 9.47 Å². The largest absolute Gasteiger partial charge is 0.446 e. The first-order chi connectivity index (χ1) is 5.33. The fourth-order valence-electron chi connectivity index (χ4n) is 0.549. The normalized spacial score (nSPS) is 10.0. The highest BCUT2D eigenvalue weighted by Gasteiger charge is 2.01. The average Bonchev–Trinajstić information content (AvgIpc) is 2.37. The Kier molecular flexibility index (Phi) is 2.85. The second-order valence-electron chi connectivity index (χ2n) is 1.95. The molecule has 0 atom stereocenters. The van der Waals surface area contributed by atoms with Gasteiger partial charge in [-0.3, -0.25) is 4.52 Å². The predicted molar refractivity (Wildman–Crippen MR) is 36.4 cm³/mol. The molecule has 1 rings (SSSR count). The summed E-state index contributed by atoms with van der Waals surface area (Å²) in [5.74, 6) is 0.567. The zero-order valence-electron chi connectivity index (χ0n) is 6.53. The molecule has 0 saturated heterocycles. The van der Waals surface area contributed by atoms with Crippen LogP contribution in [0.2, 0.25) is 0 Å².